The number of morpholine rings is 1. The lowest BCUT2D eigenvalue weighted by molar-refractivity contribution is -0.137. The molecule has 2 aromatic carbocycles. The van der Waals surface area contributed by atoms with E-state index in [0.717, 1.165) is 23.3 Å². The first-order chi connectivity index (χ1) is 16.1. The van der Waals surface area contributed by atoms with Crippen molar-refractivity contribution in [3.8, 4) is 11.1 Å². The molecule has 2 heterocycles. The van der Waals surface area contributed by atoms with Crippen molar-refractivity contribution >= 4 is 27.1 Å². The lowest BCUT2D eigenvalue weighted by Crippen LogP contribution is -2.40. The Bertz CT molecular complexity index is 1270. The molecule has 0 atom stereocenters. The van der Waals surface area contributed by atoms with Gasteiger partial charge in [0.1, 0.15) is 5.78 Å². The van der Waals surface area contributed by atoms with E-state index in [1.54, 1.807) is 6.07 Å². The van der Waals surface area contributed by atoms with Gasteiger partial charge in [-0.2, -0.15) is 28.8 Å². The van der Waals surface area contributed by atoms with E-state index < -0.39 is 21.8 Å². The first kappa shape index (κ1) is 24.6. The molecule has 0 N–H and O–H groups in total. The molecule has 0 spiro atoms. The third kappa shape index (κ3) is 5.57. The second kappa shape index (κ2) is 9.99. The molecule has 34 heavy (non-hydrogen) atoms. The van der Waals surface area contributed by atoms with E-state index in [4.69, 9.17) is 4.74 Å². The summed E-state index contributed by atoms with van der Waals surface area (Å²) in [6.45, 7) is 1.12. The number of nitrogens with zero attached hydrogens (tertiary/aromatic N) is 1. The number of sulfonamides is 1. The summed E-state index contributed by atoms with van der Waals surface area (Å²) in [7, 11) is -3.77. The number of carbonyl (C=O) groups is 1. The zero-order valence-corrected chi connectivity index (χ0v) is 19.7. The van der Waals surface area contributed by atoms with Crippen LogP contribution in [0.2, 0.25) is 0 Å². The van der Waals surface area contributed by atoms with Crippen molar-refractivity contribution in [2.24, 2.45) is 0 Å². The molecule has 10 heteroatoms. The second-order valence-electron chi connectivity index (χ2n) is 7.94. The number of thiophene rings is 1. The first-order valence-electron chi connectivity index (χ1n) is 10.6. The molecular weight excluding hydrogens is 487 g/mol. The van der Waals surface area contributed by atoms with E-state index in [9.17, 15) is 26.4 Å². The Labute approximate surface area is 199 Å². The van der Waals surface area contributed by atoms with Crippen molar-refractivity contribution in [2.75, 3.05) is 26.3 Å². The number of benzene rings is 2. The van der Waals surface area contributed by atoms with E-state index in [-0.39, 0.29) is 42.2 Å². The zero-order chi connectivity index (χ0) is 24.3. The first-order valence-corrected chi connectivity index (χ1v) is 12.9. The number of hydrogen-bond donors (Lipinski definition) is 0. The van der Waals surface area contributed by atoms with Crippen molar-refractivity contribution in [1.82, 2.24) is 4.31 Å². The van der Waals surface area contributed by atoms with Crippen LogP contribution in [0.4, 0.5) is 13.2 Å². The van der Waals surface area contributed by atoms with Gasteiger partial charge in [0.25, 0.3) is 0 Å². The van der Waals surface area contributed by atoms with Gasteiger partial charge in [-0.05, 0) is 57.3 Å². The van der Waals surface area contributed by atoms with Crippen molar-refractivity contribution in [2.45, 2.75) is 23.9 Å². The molecule has 1 fully saturated rings. The highest BCUT2D eigenvalue weighted by Gasteiger charge is 2.31. The Morgan fingerprint density at radius 2 is 1.79 bits per heavy atom. The number of halogens is 3. The summed E-state index contributed by atoms with van der Waals surface area (Å²) in [5.74, 6) is -0.309. The predicted molar refractivity (Wildman–Crippen MR) is 123 cm³/mol. The number of Topliss-reactive ketones (excluding diaryl/α,β-unsaturated/α-hetero) is 1. The Hall–Kier alpha value is -2.53. The normalized spacial score (nSPS) is 15.4. The second-order valence-corrected chi connectivity index (χ2v) is 10.7. The average Bonchev–Trinajstić information content (AvgIpc) is 3.34. The minimum atomic E-state index is -4.49. The zero-order valence-electron chi connectivity index (χ0n) is 18.0. The van der Waals surface area contributed by atoms with Crippen molar-refractivity contribution < 1.29 is 31.1 Å². The van der Waals surface area contributed by atoms with Gasteiger partial charge in [-0.25, -0.2) is 8.42 Å². The topological polar surface area (TPSA) is 63.7 Å². The summed E-state index contributed by atoms with van der Waals surface area (Å²) in [6.07, 6.45) is -4.78. The van der Waals surface area contributed by atoms with Gasteiger partial charge in [0.2, 0.25) is 10.0 Å². The molecule has 1 aromatic heterocycles. The van der Waals surface area contributed by atoms with E-state index in [1.165, 1.54) is 39.9 Å². The Kier molecular flexibility index (Phi) is 7.22. The van der Waals surface area contributed by atoms with Crippen molar-refractivity contribution in [3.63, 3.8) is 0 Å². The number of rotatable bonds is 7. The fourth-order valence-electron chi connectivity index (χ4n) is 3.87. The molecule has 0 saturated carbocycles. The Balaban J connectivity index is 1.63. The molecule has 1 saturated heterocycles. The van der Waals surface area contributed by atoms with Crippen LogP contribution < -0.4 is 0 Å². The molecule has 4 rings (SSSR count). The van der Waals surface area contributed by atoms with E-state index in [0.29, 0.717) is 18.8 Å². The maximum atomic E-state index is 13.1. The SMILES string of the molecule is O=C(Cc1cccc(C(F)(F)F)c1)Cc1cc(S(=O)(=O)N2CCOCC2)ccc1-c1ccsc1. The molecule has 0 radical (unpaired) electrons. The van der Waals surface area contributed by atoms with Crippen LogP contribution in [0, 0.1) is 0 Å². The van der Waals surface area contributed by atoms with Gasteiger partial charge in [-0.3, -0.25) is 4.79 Å². The fourth-order valence-corrected chi connectivity index (χ4v) is 5.99. The Morgan fingerprint density at radius 3 is 2.47 bits per heavy atom. The summed E-state index contributed by atoms with van der Waals surface area (Å²) in [5.41, 5.74) is 1.54. The van der Waals surface area contributed by atoms with Crippen LogP contribution in [-0.4, -0.2) is 44.8 Å². The highest BCUT2D eigenvalue weighted by atomic mass is 32.2. The van der Waals surface area contributed by atoms with Crippen LogP contribution in [-0.2, 0) is 38.6 Å². The number of alkyl halides is 3. The van der Waals surface area contributed by atoms with Gasteiger partial charge < -0.3 is 4.74 Å². The minimum Gasteiger partial charge on any atom is -0.379 e. The van der Waals surface area contributed by atoms with Gasteiger partial charge >= 0.3 is 6.18 Å². The van der Waals surface area contributed by atoms with Crippen LogP contribution in [0.3, 0.4) is 0 Å². The fraction of sp³-hybridized carbons (Fsp3) is 0.292. The van der Waals surface area contributed by atoms with Crippen LogP contribution in [0.25, 0.3) is 11.1 Å². The molecule has 5 nitrogen and oxygen atoms in total. The molecule has 180 valence electrons. The quantitative estimate of drug-likeness (QED) is 0.459. The van der Waals surface area contributed by atoms with E-state index in [1.807, 2.05) is 16.8 Å². The van der Waals surface area contributed by atoms with Gasteiger partial charge in [0.15, 0.2) is 0 Å². The van der Waals surface area contributed by atoms with E-state index >= 15 is 0 Å². The summed E-state index contributed by atoms with van der Waals surface area (Å²) in [5, 5.41) is 3.77. The van der Waals surface area contributed by atoms with Crippen molar-refractivity contribution in [3.05, 3.63) is 76.0 Å². The number of ether oxygens (including phenoxy) is 1. The molecule has 0 bridgehead atoms. The predicted octanol–water partition coefficient (Wildman–Crippen LogP) is 4.81. The van der Waals surface area contributed by atoms with Crippen LogP contribution in [0.5, 0.6) is 0 Å². The average molecular weight is 510 g/mol. The Morgan fingerprint density at radius 1 is 1.03 bits per heavy atom. The lowest BCUT2D eigenvalue weighted by atomic mass is 9.95. The van der Waals surface area contributed by atoms with Crippen LogP contribution in [0.1, 0.15) is 16.7 Å². The van der Waals surface area contributed by atoms with Crippen molar-refractivity contribution in [1.29, 1.82) is 0 Å². The van der Waals surface area contributed by atoms with Gasteiger partial charge in [-0.1, -0.05) is 24.3 Å². The molecule has 0 aliphatic carbocycles. The molecule has 3 aromatic rings. The standard InChI is InChI=1S/C24H22F3NO4S2/c25-24(26,27)20-3-1-2-17(12-20)13-21(29)14-19-15-22(4-5-23(19)18-6-11-33-16-18)34(30,31)28-7-9-32-10-8-28/h1-6,11-12,15-16H,7-10,13-14H2. The maximum absolute atomic E-state index is 13.1. The van der Waals surface area contributed by atoms with Crippen LogP contribution in [0.15, 0.2) is 64.2 Å². The summed E-state index contributed by atoms with van der Waals surface area (Å²) in [6, 6.07) is 11.3. The largest absolute Gasteiger partial charge is 0.416 e. The number of ketones is 1. The summed E-state index contributed by atoms with van der Waals surface area (Å²) in [4.78, 5) is 13.0. The molecule has 0 amide bonds. The maximum Gasteiger partial charge on any atom is 0.416 e. The summed E-state index contributed by atoms with van der Waals surface area (Å²) >= 11 is 1.47. The molecule has 1 aliphatic rings. The lowest BCUT2D eigenvalue weighted by Gasteiger charge is -2.26. The highest BCUT2D eigenvalue weighted by Crippen LogP contribution is 2.31. The van der Waals surface area contributed by atoms with Gasteiger partial charge in [-0.15, -0.1) is 0 Å². The number of hydrogen-bond acceptors (Lipinski definition) is 5. The highest BCUT2D eigenvalue weighted by molar-refractivity contribution is 7.89. The monoisotopic (exact) mass is 509 g/mol. The molecule has 0 unspecified atom stereocenters. The minimum absolute atomic E-state index is 0.0789. The van der Waals surface area contributed by atoms with Gasteiger partial charge in [0.05, 0.1) is 23.7 Å². The molecule has 1 aliphatic heterocycles. The third-order valence-electron chi connectivity index (χ3n) is 5.56. The van der Waals surface area contributed by atoms with Crippen LogP contribution >= 0.6 is 11.3 Å². The molecular formula is C24H22F3NO4S2. The smallest absolute Gasteiger partial charge is 0.379 e. The number of carbonyl (C=O) groups excluding carboxylic acids is 1. The van der Waals surface area contributed by atoms with Gasteiger partial charge in [0, 0.05) is 25.9 Å². The third-order valence-corrected chi connectivity index (χ3v) is 8.14. The van der Waals surface area contributed by atoms with E-state index in [2.05, 4.69) is 0 Å². The summed E-state index contributed by atoms with van der Waals surface area (Å²) < 4.78 is 71.9.